The van der Waals surface area contributed by atoms with Crippen LogP contribution in [0.2, 0.25) is 0 Å². The lowest BCUT2D eigenvalue weighted by Gasteiger charge is -2.36. The second kappa shape index (κ2) is 6.72. The first kappa shape index (κ1) is 14.9. The first-order chi connectivity index (χ1) is 8.06. The van der Waals surface area contributed by atoms with Crippen molar-refractivity contribution in [1.29, 1.82) is 0 Å². The highest BCUT2D eigenvalue weighted by molar-refractivity contribution is 4.84. The van der Waals surface area contributed by atoms with E-state index in [4.69, 9.17) is 5.73 Å². The van der Waals surface area contributed by atoms with Crippen LogP contribution < -0.4 is 5.73 Å². The molecule has 1 rings (SSSR count). The topological polar surface area (TPSA) is 32.5 Å². The van der Waals surface area contributed by atoms with E-state index in [1.54, 1.807) is 0 Å². The summed E-state index contributed by atoms with van der Waals surface area (Å²) in [6, 6.07) is 0.754. The summed E-state index contributed by atoms with van der Waals surface area (Å²) in [5, 5.41) is 0. The molecule has 0 aromatic rings. The molecule has 102 valence electrons. The Hall–Kier alpha value is -0.120. The molecule has 0 spiro atoms. The standard InChI is InChI=1S/C14H31N3/c1-5-14(6-2,11-15)12-16(3)10-13-8-7-9-17(13)4/h13H,5-12,15H2,1-4H3. The SMILES string of the molecule is CCC(CC)(CN)CN(C)CC1CCCN1C. The van der Waals surface area contributed by atoms with Crippen molar-refractivity contribution in [2.45, 2.75) is 45.6 Å². The first-order valence-electron chi connectivity index (χ1n) is 7.15. The Bertz CT molecular complexity index is 205. The van der Waals surface area contributed by atoms with E-state index >= 15 is 0 Å². The van der Waals surface area contributed by atoms with Crippen LogP contribution >= 0.6 is 0 Å². The van der Waals surface area contributed by atoms with Crippen LogP contribution in [0.5, 0.6) is 0 Å². The van der Waals surface area contributed by atoms with Crippen molar-refractivity contribution in [3.05, 3.63) is 0 Å². The van der Waals surface area contributed by atoms with Crippen molar-refractivity contribution < 1.29 is 0 Å². The molecular formula is C14H31N3. The van der Waals surface area contributed by atoms with E-state index in [1.165, 1.54) is 38.8 Å². The maximum Gasteiger partial charge on any atom is 0.0220 e. The molecule has 3 heteroatoms. The summed E-state index contributed by atoms with van der Waals surface area (Å²) in [7, 11) is 4.50. The van der Waals surface area contributed by atoms with Crippen LogP contribution in [0.25, 0.3) is 0 Å². The fourth-order valence-electron chi connectivity index (χ4n) is 3.03. The molecule has 1 saturated heterocycles. The van der Waals surface area contributed by atoms with E-state index in [-0.39, 0.29) is 0 Å². The van der Waals surface area contributed by atoms with Gasteiger partial charge in [-0.2, -0.15) is 0 Å². The smallest absolute Gasteiger partial charge is 0.0220 e. The molecule has 0 amide bonds. The van der Waals surface area contributed by atoms with Crippen LogP contribution in [0.1, 0.15) is 39.5 Å². The average molecular weight is 241 g/mol. The number of rotatable bonds is 7. The fraction of sp³-hybridized carbons (Fsp3) is 1.00. The third kappa shape index (κ3) is 3.94. The van der Waals surface area contributed by atoms with Gasteiger partial charge in [0.1, 0.15) is 0 Å². The summed E-state index contributed by atoms with van der Waals surface area (Å²) >= 11 is 0. The number of likely N-dealkylation sites (N-methyl/N-ethyl adjacent to an activating group) is 2. The minimum atomic E-state index is 0.325. The van der Waals surface area contributed by atoms with E-state index in [0.717, 1.165) is 19.1 Å². The average Bonchev–Trinajstić information content (AvgIpc) is 2.72. The van der Waals surface area contributed by atoms with Gasteiger partial charge in [-0.1, -0.05) is 13.8 Å². The summed E-state index contributed by atoms with van der Waals surface area (Å²) in [5.41, 5.74) is 6.30. The Morgan fingerprint density at radius 3 is 2.41 bits per heavy atom. The third-order valence-corrected chi connectivity index (χ3v) is 4.73. The van der Waals surface area contributed by atoms with Gasteiger partial charge in [0.25, 0.3) is 0 Å². The lowest BCUT2D eigenvalue weighted by molar-refractivity contribution is 0.139. The zero-order chi connectivity index (χ0) is 12.9. The molecule has 0 aromatic carbocycles. The molecule has 17 heavy (non-hydrogen) atoms. The fourth-order valence-corrected chi connectivity index (χ4v) is 3.03. The molecule has 1 atom stereocenters. The Balaban J connectivity index is 2.44. The molecule has 1 aliphatic rings. The molecule has 1 aliphatic heterocycles. The molecule has 0 bridgehead atoms. The second-order valence-corrected chi connectivity index (χ2v) is 5.88. The molecule has 3 nitrogen and oxygen atoms in total. The molecule has 1 fully saturated rings. The van der Waals surface area contributed by atoms with Crippen LogP contribution in [-0.2, 0) is 0 Å². The molecule has 0 saturated carbocycles. The summed E-state index contributed by atoms with van der Waals surface area (Å²) in [6.07, 6.45) is 5.09. The van der Waals surface area contributed by atoms with E-state index in [9.17, 15) is 0 Å². The number of hydrogen-bond acceptors (Lipinski definition) is 3. The maximum atomic E-state index is 5.98. The van der Waals surface area contributed by atoms with Gasteiger partial charge in [-0.05, 0) is 58.3 Å². The molecule has 1 unspecified atom stereocenters. The highest BCUT2D eigenvalue weighted by Crippen LogP contribution is 2.26. The van der Waals surface area contributed by atoms with Gasteiger partial charge in [0.2, 0.25) is 0 Å². The lowest BCUT2D eigenvalue weighted by atomic mass is 9.82. The van der Waals surface area contributed by atoms with Crippen molar-refractivity contribution in [2.75, 3.05) is 40.3 Å². The Morgan fingerprint density at radius 1 is 1.35 bits per heavy atom. The molecule has 2 N–H and O–H groups in total. The molecule has 1 heterocycles. The monoisotopic (exact) mass is 241 g/mol. The van der Waals surface area contributed by atoms with Crippen LogP contribution in [-0.4, -0.2) is 56.1 Å². The predicted octanol–water partition coefficient (Wildman–Crippen LogP) is 1.78. The molecular weight excluding hydrogens is 210 g/mol. The van der Waals surface area contributed by atoms with Gasteiger partial charge in [0, 0.05) is 19.1 Å². The third-order valence-electron chi connectivity index (χ3n) is 4.73. The van der Waals surface area contributed by atoms with Gasteiger partial charge >= 0.3 is 0 Å². The summed E-state index contributed by atoms with van der Waals surface area (Å²) in [6.45, 7) is 8.95. The Morgan fingerprint density at radius 2 is 2.00 bits per heavy atom. The van der Waals surface area contributed by atoms with E-state index in [1.807, 2.05) is 0 Å². The number of hydrogen-bond donors (Lipinski definition) is 1. The minimum absolute atomic E-state index is 0.325. The van der Waals surface area contributed by atoms with Crippen LogP contribution in [0.15, 0.2) is 0 Å². The van der Waals surface area contributed by atoms with E-state index in [0.29, 0.717) is 5.41 Å². The van der Waals surface area contributed by atoms with Gasteiger partial charge in [-0.25, -0.2) is 0 Å². The van der Waals surface area contributed by atoms with Gasteiger partial charge < -0.3 is 15.5 Å². The predicted molar refractivity (Wildman–Crippen MR) is 75.2 cm³/mol. The van der Waals surface area contributed by atoms with Gasteiger partial charge in [0.15, 0.2) is 0 Å². The minimum Gasteiger partial charge on any atom is -0.330 e. The van der Waals surface area contributed by atoms with Crippen molar-refractivity contribution in [3.63, 3.8) is 0 Å². The Kier molecular flexibility index (Phi) is 5.90. The highest BCUT2D eigenvalue weighted by atomic mass is 15.2. The zero-order valence-electron chi connectivity index (χ0n) is 12.2. The Labute approximate surface area is 107 Å². The quantitative estimate of drug-likeness (QED) is 0.737. The highest BCUT2D eigenvalue weighted by Gasteiger charge is 2.28. The van der Waals surface area contributed by atoms with E-state index in [2.05, 4.69) is 37.7 Å². The molecule has 0 aliphatic carbocycles. The van der Waals surface area contributed by atoms with Crippen molar-refractivity contribution in [1.82, 2.24) is 9.80 Å². The molecule has 0 aromatic heterocycles. The number of nitrogens with zero attached hydrogens (tertiary/aromatic N) is 2. The number of likely N-dealkylation sites (tertiary alicyclic amines) is 1. The van der Waals surface area contributed by atoms with Crippen molar-refractivity contribution in [3.8, 4) is 0 Å². The van der Waals surface area contributed by atoms with Gasteiger partial charge in [0.05, 0.1) is 0 Å². The maximum absolute atomic E-state index is 5.98. The van der Waals surface area contributed by atoms with Gasteiger partial charge in [-0.15, -0.1) is 0 Å². The van der Waals surface area contributed by atoms with Crippen molar-refractivity contribution >= 4 is 0 Å². The summed E-state index contributed by atoms with van der Waals surface area (Å²) < 4.78 is 0. The first-order valence-corrected chi connectivity index (χ1v) is 7.15. The normalized spacial score (nSPS) is 22.6. The van der Waals surface area contributed by atoms with Crippen LogP contribution in [0.3, 0.4) is 0 Å². The van der Waals surface area contributed by atoms with E-state index < -0.39 is 0 Å². The summed E-state index contributed by atoms with van der Waals surface area (Å²) in [5.74, 6) is 0. The van der Waals surface area contributed by atoms with Crippen LogP contribution in [0, 0.1) is 5.41 Å². The summed E-state index contributed by atoms with van der Waals surface area (Å²) in [4.78, 5) is 4.99. The molecule has 0 radical (unpaired) electrons. The van der Waals surface area contributed by atoms with Crippen LogP contribution in [0.4, 0.5) is 0 Å². The van der Waals surface area contributed by atoms with Crippen molar-refractivity contribution in [2.24, 2.45) is 11.1 Å². The number of nitrogens with two attached hydrogens (primary N) is 1. The second-order valence-electron chi connectivity index (χ2n) is 5.88. The van der Waals surface area contributed by atoms with Gasteiger partial charge in [-0.3, -0.25) is 0 Å². The largest absolute Gasteiger partial charge is 0.330 e. The zero-order valence-corrected chi connectivity index (χ0v) is 12.2. The lowest BCUT2D eigenvalue weighted by Crippen LogP contribution is -2.44.